The van der Waals surface area contributed by atoms with Crippen LogP contribution in [0.15, 0.2) is 40.8 Å². The Morgan fingerprint density at radius 1 is 1.08 bits per heavy atom. The first kappa shape index (κ1) is 24.9. The number of furan rings is 1. The van der Waals surface area contributed by atoms with Gasteiger partial charge in [0.15, 0.2) is 17.2 Å². The number of carbonyl (C=O) groups is 1. The van der Waals surface area contributed by atoms with Crippen molar-refractivity contribution in [3.05, 3.63) is 42.1 Å². The van der Waals surface area contributed by atoms with E-state index < -0.39 is 0 Å². The number of ether oxygens (including phenoxy) is 3. The topological polar surface area (TPSA) is 132 Å². The number of hydrogen-bond acceptors (Lipinski definition) is 10. The second-order valence-electron chi connectivity index (χ2n) is 8.54. The number of amides is 1. The molecule has 37 heavy (non-hydrogen) atoms. The van der Waals surface area contributed by atoms with E-state index in [1.165, 1.54) is 0 Å². The number of phenols is 1. The van der Waals surface area contributed by atoms with E-state index in [0.717, 1.165) is 11.1 Å². The van der Waals surface area contributed by atoms with Crippen LogP contribution < -0.4 is 10.2 Å². The average Bonchev–Trinajstić information content (AvgIpc) is 3.30. The second-order valence-corrected chi connectivity index (χ2v) is 8.54. The Morgan fingerprint density at radius 3 is 2.73 bits per heavy atom. The number of phenolic OH excluding ortho intramolecular Hbond substituents is 1. The molecular formula is C26H29N5O6. The molecule has 5 rings (SSSR count). The minimum Gasteiger partial charge on any atom is -0.508 e. The van der Waals surface area contributed by atoms with Crippen molar-refractivity contribution < 1.29 is 28.5 Å². The zero-order valence-electron chi connectivity index (χ0n) is 20.6. The Hall–Kier alpha value is -3.80. The molecule has 1 aliphatic heterocycles. The fourth-order valence-electron chi connectivity index (χ4n) is 4.09. The SMILES string of the molecule is CNC(=O)COCCOCCc1ccc2c(n1)oc1c(N3CCOCC3)nc(-c3cccc(O)c3)nc12. The van der Waals surface area contributed by atoms with Crippen LogP contribution >= 0.6 is 0 Å². The third-order valence-corrected chi connectivity index (χ3v) is 6.02. The molecule has 0 saturated carbocycles. The first-order valence-electron chi connectivity index (χ1n) is 12.2. The van der Waals surface area contributed by atoms with Crippen molar-refractivity contribution in [2.45, 2.75) is 6.42 Å². The molecule has 0 unspecified atom stereocenters. The lowest BCUT2D eigenvalue weighted by Crippen LogP contribution is -2.37. The van der Waals surface area contributed by atoms with E-state index >= 15 is 0 Å². The Kier molecular flexibility index (Phi) is 7.73. The molecule has 0 bridgehead atoms. The molecule has 1 aliphatic rings. The van der Waals surface area contributed by atoms with Crippen molar-refractivity contribution in [3.63, 3.8) is 0 Å². The van der Waals surface area contributed by atoms with E-state index in [4.69, 9.17) is 33.6 Å². The third kappa shape index (κ3) is 5.79. The van der Waals surface area contributed by atoms with Crippen LogP contribution in [0, 0.1) is 0 Å². The summed E-state index contributed by atoms with van der Waals surface area (Å²) in [5, 5.41) is 13.3. The van der Waals surface area contributed by atoms with Crippen molar-refractivity contribution in [1.82, 2.24) is 20.3 Å². The molecule has 4 heterocycles. The highest BCUT2D eigenvalue weighted by molar-refractivity contribution is 6.05. The van der Waals surface area contributed by atoms with Gasteiger partial charge < -0.3 is 34.0 Å². The van der Waals surface area contributed by atoms with Crippen LogP contribution in [0.5, 0.6) is 5.75 Å². The number of hydrogen-bond donors (Lipinski definition) is 2. The van der Waals surface area contributed by atoms with Gasteiger partial charge in [0.2, 0.25) is 11.6 Å². The smallest absolute Gasteiger partial charge is 0.245 e. The number of likely N-dealkylation sites (N-methyl/N-ethyl adjacent to an activating group) is 1. The number of anilines is 1. The van der Waals surface area contributed by atoms with Crippen molar-refractivity contribution in [2.75, 3.05) is 64.7 Å². The minimum atomic E-state index is -0.168. The molecule has 0 spiro atoms. The van der Waals surface area contributed by atoms with Crippen LogP contribution in [0.2, 0.25) is 0 Å². The summed E-state index contributed by atoms with van der Waals surface area (Å²) in [6, 6.07) is 10.8. The molecule has 1 amide bonds. The largest absolute Gasteiger partial charge is 0.508 e. The van der Waals surface area contributed by atoms with Crippen LogP contribution in [0.25, 0.3) is 33.6 Å². The highest BCUT2D eigenvalue weighted by Crippen LogP contribution is 2.35. The number of benzene rings is 1. The number of fused-ring (bicyclic) bond motifs is 3. The van der Waals surface area contributed by atoms with E-state index in [0.29, 0.717) is 86.6 Å². The minimum absolute atomic E-state index is 0.0205. The Labute approximate surface area is 213 Å². The zero-order chi connectivity index (χ0) is 25.6. The zero-order valence-corrected chi connectivity index (χ0v) is 20.6. The summed E-state index contributed by atoms with van der Waals surface area (Å²) < 4.78 is 22.6. The maximum Gasteiger partial charge on any atom is 0.245 e. The number of aromatic hydroxyl groups is 1. The molecule has 1 saturated heterocycles. The molecule has 11 heteroatoms. The van der Waals surface area contributed by atoms with Gasteiger partial charge in [0.25, 0.3) is 0 Å². The van der Waals surface area contributed by atoms with E-state index in [2.05, 4.69) is 10.2 Å². The Morgan fingerprint density at radius 2 is 1.92 bits per heavy atom. The van der Waals surface area contributed by atoms with Gasteiger partial charge in [-0.15, -0.1) is 0 Å². The first-order valence-corrected chi connectivity index (χ1v) is 12.2. The molecule has 4 aromatic rings. The molecule has 3 aromatic heterocycles. The van der Waals surface area contributed by atoms with Gasteiger partial charge in [-0.3, -0.25) is 4.79 Å². The summed E-state index contributed by atoms with van der Waals surface area (Å²) >= 11 is 0. The molecule has 0 atom stereocenters. The fraction of sp³-hybridized carbons (Fsp3) is 0.385. The summed E-state index contributed by atoms with van der Waals surface area (Å²) in [5.74, 6) is 1.17. The molecule has 1 aromatic carbocycles. The van der Waals surface area contributed by atoms with Gasteiger partial charge in [-0.05, 0) is 24.3 Å². The van der Waals surface area contributed by atoms with Crippen molar-refractivity contribution in [3.8, 4) is 17.1 Å². The molecule has 11 nitrogen and oxygen atoms in total. The lowest BCUT2D eigenvalue weighted by Gasteiger charge is -2.27. The second kappa shape index (κ2) is 11.5. The van der Waals surface area contributed by atoms with Crippen LogP contribution in [0.4, 0.5) is 5.82 Å². The van der Waals surface area contributed by atoms with E-state index in [9.17, 15) is 9.90 Å². The van der Waals surface area contributed by atoms with Crippen LogP contribution in [0.1, 0.15) is 5.69 Å². The van der Waals surface area contributed by atoms with E-state index in [-0.39, 0.29) is 18.3 Å². The van der Waals surface area contributed by atoms with Crippen LogP contribution in [-0.4, -0.2) is 85.7 Å². The Bertz CT molecular complexity index is 1380. The average molecular weight is 508 g/mol. The maximum atomic E-state index is 11.2. The number of nitrogens with one attached hydrogen (secondary N) is 1. The van der Waals surface area contributed by atoms with Gasteiger partial charge in [-0.2, -0.15) is 0 Å². The standard InChI is InChI=1S/C26H29N5O6/c1-27-21(33)16-36-14-13-34-10-7-18-5-6-20-22-23(37-26(20)28-18)25(31-8-11-35-12-9-31)30-24(29-22)17-3-2-4-19(32)15-17/h2-6,15,32H,7-14,16H2,1H3,(H,27,33). The number of pyridine rings is 1. The van der Waals surface area contributed by atoms with Gasteiger partial charge in [-0.25, -0.2) is 15.0 Å². The molecule has 0 radical (unpaired) electrons. The van der Waals surface area contributed by atoms with E-state index in [1.54, 1.807) is 25.2 Å². The van der Waals surface area contributed by atoms with Crippen molar-refractivity contribution >= 4 is 33.9 Å². The summed E-state index contributed by atoms with van der Waals surface area (Å²) in [5.41, 5.74) is 3.28. The predicted octanol–water partition coefficient (Wildman–Crippen LogP) is 2.30. The summed E-state index contributed by atoms with van der Waals surface area (Å²) in [4.78, 5) is 27.6. The lowest BCUT2D eigenvalue weighted by molar-refractivity contribution is -0.125. The Balaban J connectivity index is 1.37. The maximum absolute atomic E-state index is 11.2. The summed E-state index contributed by atoms with van der Waals surface area (Å²) in [6.07, 6.45) is 0.596. The van der Waals surface area contributed by atoms with Crippen molar-refractivity contribution in [1.29, 1.82) is 0 Å². The molecule has 194 valence electrons. The quantitative estimate of drug-likeness (QED) is 0.308. The summed E-state index contributed by atoms with van der Waals surface area (Å²) in [6.45, 7) is 3.79. The fourth-order valence-corrected chi connectivity index (χ4v) is 4.09. The first-order chi connectivity index (χ1) is 18.1. The number of carbonyl (C=O) groups excluding carboxylic acids is 1. The van der Waals surface area contributed by atoms with Gasteiger partial charge in [0.05, 0.1) is 38.4 Å². The third-order valence-electron chi connectivity index (χ3n) is 6.02. The highest BCUT2D eigenvalue weighted by atomic mass is 16.5. The number of morpholine rings is 1. The lowest BCUT2D eigenvalue weighted by atomic mass is 10.2. The van der Waals surface area contributed by atoms with Crippen LogP contribution in [-0.2, 0) is 25.4 Å². The molecular weight excluding hydrogens is 478 g/mol. The van der Waals surface area contributed by atoms with Crippen LogP contribution in [0.3, 0.4) is 0 Å². The number of nitrogens with zero attached hydrogens (tertiary/aromatic N) is 4. The van der Waals surface area contributed by atoms with E-state index in [1.807, 2.05) is 18.2 Å². The number of rotatable bonds is 10. The molecule has 1 fully saturated rings. The predicted molar refractivity (Wildman–Crippen MR) is 137 cm³/mol. The summed E-state index contributed by atoms with van der Waals surface area (Å²) in [7, 11) is 1.57. The van der Waals surface area contributed by atoms with Gasteiger partial charge >= 0.3 is 0 Å². The molecule has 2 N–H and O–H groups in total. The van der Waals surface area contributed by atoms with Gasteiger partial charge in [0, 0.05) is 37.8 Å². The van der Waals surface area contributed by atoms with Crippen molar-refractivity contribution in [2.24, 2.45) is 0 Å². The number of aromatic nitrogens is 3. The van der Waals surface area contributed by atoms with Gasteiger partial charge in [-0.1, -0.05) is 12.1 Å². The monoisotopic (exact) mass is 507 g/mol. The molecule has 0 aliphatic carbocycles. The highest BCUT2D eigenvalue weighted by Gasteiger charge is 2.23. The van der Waals surface area contributed by atoms with Gasteiger partial charge in [0.1, 0.15) is 17.9 Å². The normalized spacial score (nSPS) is 13.9.